The van der Waals surface area contributed by atoms with Crippen LogP contribution >= 0.6 is 23.2 Å². The van der Waals surface area contributed by atoms with Crippen LogP contribution in [0.2, 0.25) is 10.0 Å². The minimum Gasteiger partial charge on any atom is -0.493 e. The average molecular weight is 496 g/mol. The molecular weight excluding hydrogens is 465 g/mol. The fourth-order valence-corrected chi connectivity index (χ4v) is 4.08. The number of anilines is 2. The molecule has 0 spiro atoms. The molecule has 2 N–H and O–H groups in total. The second-order valence-corrected chi connectivity index (χ2v) is 9.63. The summed E-state index contributed by atoms with van der Waals surface area (Å²) < 4.78 is 16.5. The number of halogens is 2. The summed E-state index contributed by atoms with van der Waals surface area (Å²) in [7, 11) is 1.54. The quantitative estimate of drug-likeness (QED) is 0.550. The number of benzene rings is 2. The van der Waals surface area contributed by atoms with E-state index in [2.05, 4.69) is 15.5 Å². The molecule has 0 unspecified atom stereocenters. The van der Waals surface area contributed by atoms with E-state index in [-0.39, 0.29) is 18.1 Å². The Labute approximate surface area is 205 Å². The molecule has 0 aliphatic carbocycles. The third-order valence-corrected chi connectivity index (χ3v) is 5.53. The largest absolute Gasteiger partial charge is 0.493 e. The van der Waals surface area contributed by atoms with E-state index >= 15 is 0 Å². The van der Waals surface area contributed by atoms with Gasteiger partial charge in [-0.15, -0.1) is 0 Å². The van der Waals surface area contributed by atoms with Gasteiger partial charge in [-0.2, -0.15) is 0 Å². The smallest absolute Gasteiger partial charge is 0.258 e. The maximum atomic E-state index is 12.1. The molecule has 0 aromatic heterocycles. The number of carbonyl (C=O) groups excluding carboxylic acids is 1. The van der Waals surface area contributed by atoms with Crippen LogP contribution in [0.25, 0.3) is 0 Å². The molecule has 2 aromatic rings. The van der Waals surface area contributed by atoms with Crippen LogP contribution in [0.3, 0.4) is 0 Å². The molecule has 180 valence electrons. The molecule has 1 saturated heterocycles. The molecular formula is C24H31Cl2N3O4. The molecule has 3 rings (SSSR count). The summed E-state index contributed by atoms with van der Waals surface area (Å²) in [5.74, 6) is 0.567. The van der Waals surface area contributed by atoms with E-state index in [0.29, 0.717) is 41.3 Å². The molecule has 0 bridgehead atoms. The zero-order chi connectivity index (χ0) is 24.0. The molecule has 1 heterocycles. The van der Waals surface area contributed by atoms with Crippen LogP contribution in [-0.2, 0) is 16.1 Å². The van der Waals surface area contributed by atoms with Crippen LogP contribution in [0.5, 0.6) is 11.5 Å². The van der Waals surface area contributed by atoms with Crippen molar-refractivity contribution in [2.24, 2.45) is 0 Å². The van der Waals surface area contributed by atoms with Crippen molar-refractivity contribution in [1.29, 1.82) is 0 Å². The van der Waals surface area contributed by atoms with E-state index in [0.717, 1.165) is 30.0 Å². The zero-order valence-electron chi connectivity index (χ0n) is 19.5. The Balaban J connectivity index is 1.64. The number of methoxy groups -OCH3 is 1. The summed E-state index contributed by atoms with van der Waals surface area (Å²) in [4.78, 5) is 14.3. The number of ether oxygens (including phenoxy) is 3. The van der Waals surface area contributed by atoms with Crippen molar-refractivity contribution in [2.75, 3.05) is 50.2 Å². The lowest BCUT2D eigenvalue weighted by Crippen LogP contribution is -2.43. The summed E-state index contributed by atoms with van der Waals surface area (Å²) >= 11 is 13.0. The topological polar surface area (TPSA) is 72.1 Å². The number of morpholine rings is 1. The number of nitrogens with one attached hydrogen (secondary N) is 2. The highest BCUT2D eigenvalue weighted by atomic mass is 35.5. The van der Waals surface area contributed by atoms with Crippen molar-refractivity contribution >= 4 is 40.5 Å². The minimum atomic E-state index is -0.340. The van der Waals surface area contributed by atoms with Gasteiger partial charge < -0.3 is 29.7 Å². The van der Waals surface area contributed by atoms with Gasteiger partial charge in [-0.25, -0.2) is 0 Å². The maximum Gasteiger partial charge on any atom is 0.258 e. The van der Waals surface area contributed by atoms with Gasteiger partial charge in [0.25, 0.3) is 5.91 Å². The van der Waals surface area contributed by atoms with E-state index in [1.165, 1.54) is 7.11 Å². The van der Waals surface area contributed by atoms with Crippen LogP contribution in [0, 0.1) is 0 Å². The predicted molar refractivity (Wildman–Crippen MR) is 133 cm³/mol. The first-order valence-corrected chi connectivity index (χ1v) is 11.6. The van der Waals surface area contributed by atoms with Crippen LogP contribution in [-0.4, -0.2) is 51.5 Å². The third kappa shape index (κ3) is 7.32. The highest BCUT2D eigenvalue weighted by Gasteiger charge is 2.18. The number of hydrogen-bond acceptors (Lipinski definition) is 6. The van der Waals surface area contributed by atoms with Gasteiger partial charge in [-0.05, 0) is 56.7 Å². The van der Waals surface area contributed by atoms with Gasteiger partial charge in [0.05, 0.1) is 36.1 Å². The summed E-state index contributed by atoms with van der Waals surface area (Å²) in [6.45, 7) is 9.15. The molecule has 2 aromatic carbocycles. The van der Waals surface area contributed by atoms with Gasteiger partial charge in [-0.3, -0.25) is 4.79 Å². The van der Waals surface area contributed by atoms with Crippen molar-refractivity contribution in [1.82, 2.24) is 5.32 Å². The van der Waals surface area contributed by atoms with Gasteiger partial charge in [0, 0.05) is 30.9 Å². The maximum absolute atomic E-state index is 12.1. The number of nitrogens with zero attached hydrogens (tertiary/aromatic N) is 1. The predicted octanol–water partition coefficient (Wildman–Crippen LogP) is 4.74. The van der Waals surface area contributed by atoms with Crippen molar-refractivity contribution in [3.63, 3.8) is 0 Å². The Morgan fingerprint density at radius 1 is 1.12 bits per heavy atom. The molecule has 1 aliphatic heterocycles. The Morgan fingerprint density at radius 2 is 1.85 bits per heavy atom. The summed E-state index contributed by atoms with van der Waals surface area (Å²) in [5.41, 5.74) is 2.46. The van der Waals surface area contributed by atoms with Crippen molar-refractivity contribution in [3.8, 4) is 11.5 Å². The highest BCUT2D eigenvalue weighted by Crippen LogP contribution is 2.37. The van der Waals surface area contributed by atoms with Gasteiger partial charge in [0.1, 0.15) is 0 Å². The first kappa shape index (κ1) is 25.3. The van der Waals surface area contributed by atoms with Crippen molar-refractivity contribution in [2.45, 2.75) is 32.9 Å². The first-order chi connectivity index (χ1) is 15.7. The molecule has 1 amide bonds. The molecule has 7 nitrogen and oxygen atoms in total. The average Bonchev–Trinajstić information content (AvgIpc) is 2.76. The lowest BCUT2D eigenvalue weighted by molar-refractivity contribution is -0.124. The number of carbonyl (C=O) groups is 1. The van der Waals surface area contributed by atoms with Gasteiger partial charge >= 0.3 is 0 Å². The third-order valence-electron chi connectivity index (χ3n) is 4.95. The normalized spacial score (nSPS) is 14.1. The van der Waals surface area contributed by atoms with Gasteiger partial charge in [0.2, 0.25) is 0 Å². The molecule has 0 radical (unpaired) electrons. The Bertz CT molecular complexity index is 973. The monoisotopic (exact) mass is 495 g/mol. The molecule has 33 heavy (non-hydrogen) atoms. The highest BCUT2D eigenvalue weighted by molar-refractivity contribution is 6.33. The molecule has 0 saturated carbocycles. The standard InChI is InChI=1S/C24H31Cl2N3O4/c1-24(2,3)28-22(30)15-33-23-19(26)11-16(12-21(23)31-4)14-27-17-5-6-20(18(25)13-17)29-7-9-32-10-8-29/h5-6,11-13,27H,7-10,14-15H2,1-4H3,(H,28,30). The lowest BCUT2D eigenvalue weighted by atomic mass is 10.1. The Morgan fingerprint density at radius 3 is 2.48 bits per heavy atom. The zero-order valence-corrected chi connectivity index (χ0v) is 21.0. The summed E-state index contributed by atoms with van der Waals surface area (Å²) in [6, 6.07) is 9.55. The number of hydrogen-bond donors (Lipinski definition) is 2. The Kier molecular flexibility index (Phi) is 8.57. The summed E-state index contributed by atoms with van der Waals surface area (Å²) in [6.07, 6.45) is 0. The van der Waals surface area contributed by atoms with Gasteiger partial charge in [0.15, 0.2) is 18.1 Å². The second kappa shape index (κ2) is 11.2. The van der Waals surface area contributed by atoms with Crippen LogP contribution in [0.1, 0.15) is 26.3 Å². The van der Waals surface area contributed by atoms with E-state index in [9.17, 15) is 4.79 Å². The van der Waals surface area contributed by atoms with E-state index in [1.807, 2.05) is 45.0 Å². The van der Waals surface area contributed by atoms with E-state index in [4.69, 9.17) is 37.4 Å². The lowest BCUT2D eigenvalue weighted by Gasteiger charge is -2.29. The second-order valence-electron chi connectivity index (χ2n) is 8.82. The fourth-order valence-electron chi connectivity index (χ4n) is 3.49. The number of rotatable bonds is 8. The molecule has 9 heteroatoms. The van der Waals surface area contributed by atoms with Crippen LogP contribution in [0.4, 0.5) is 11.4 Å². The Hall–Kier alpha value is -2.35. The number of amides is 1. The molecule has 1 fully saturated rings. The van der Waals surface area contributed by atoms with E-state index in [1.54, 1.807) is 6.07 Å². The van der Waals surface area contributed by atoms with E-state index < -0.39 is 0 Å². The van der Waals surface area contributed by atoms with Crippen molar-refractivity contribution < 1.29 is 19.0 Å². The summed E-state index contributed by atoms with van der Waals surface area (Å²) in [5, 5.41) is 7.27. The van der Waals surface area contributed by atoms with Gasteiger partial charge in [-0.1, -0.05) is 23.2 Å². The fraction of sp³-hybridized carbons (Fsp3) is 0.458. The van der Waals surface area contributed by atoms with Crippen molar-refractivity contribution in [3.05, 3.63) is 45.9 Å². The first-order valence-electron chi connectivity index (χ1n) is 10.8. The minimum absolute atomic E-state index is 0.154. The van der Waals surface area contributed by atoms with Crippen LogP contribution < -0.4 is 25.0 Å². The SMILES string of the molecule is COc1cc(CNc2ccc(N3CCOCC3)c(Cl)c2)cc(Cl)c1OCC(=O)NC(C)(C)C. The van der Waals surface area contributed by atoms with Crippen LogP contribution in [0.15, 0.2) is 30.3 Å². The molecule has 1 aliphatic rings. The molecule has 0 atom stereocenters.